The molecule has 0 atom stereocenters. The minimum absolute atomic E-state index is 0. The SMILES string of the molecule is CN=C(NCCSC)NCC(C)(C)c1ccc(OC)c(OC)c1.I. The van der Waals surface area contributed by atoms with Gasteiger partial charge in [-0.25, -0.2) is 0 Å². The fourth-order valence-corrected chi connectivity index (χ4v) is 2.46. The van der Waals surface area contributed by atoms with E-state index in [0.29, 0.717) is 0 Å². The number of nitrogens with one attached hydrogen (secondary N) is 2. The van der Waals surface area contributed by atoms with Gasteiger partial charge in [0, 0.05) is 31.3 Å². The number of hydrogen-bond donors (Lipinski definition) is 2. The highest BCUT2D eigenvalue weighted by Gasteiger charge is 2.22. The molecule has 0 radical (unpaired) electrons. The van der Waals surface area contributed by atoms with Crippen LogP contribution in [0.4, 0.5) is 0 Å². The zero-order chi connectivity index (χ0) is 17.3. The van der Waals surface area contributed by atoms with Crippen molar-refractivity contribution < 1.29 is 9.47 Å². The molecular formula is C17H30IN3O2S. The predicted octanol–water partition coefficient (Wildman–Crippen LogP) is 3.13. The van der Waals surface area contributed by atoms with E-state index in [1.54, 1.807) is 21.3 Å². The number of benzene rings is 1. The molecule has 2 N–H and O–H groups in total. The summed E-state index contributed by atoms with van der Waals surface area (Å²) in [4.78, 5) is 4.26. The molecule has 1 aromatic rings. The predicted molar refractivity (Wildman–Crippen MR) is 116 cm³/mol. The van der Waals surface area contributed by atoms with Crippen LogP contribution in [0, 0.1) is 0 Å². The molecule has 24 heavy (non-hydrogen) atoms. The van der Waals surface area contributed by atoms with E-state index >= 15 is 0 Å². The van der Waals surface area contributed by atoms with E-state index in [9.17, 15) is 0 Å². The van der Waals surface area contributed by atoms with Crippen LogP contribution in [0.3, 0.4) is 0 Å². The minimum Gasteiger partial charge on any atom is -0.493 e. The van der Waals surface area contributed by atoms with Gasteiger partial charge in [-0.1, -0.05) is 19.9 Å². The number of aliphatic imine (C=N–C) groups is 1. The van der Waals surface area contributed by atoms with Crippen LogP contribution >= 0.6 is 35.7 Å². The normalized spacial score (nSPS) is 11.5. The van der Waals surface area contributed by atoms with Crippen molar-refractivity contribution >= 4 is 41.7 Å². The van der Waals surface area contributed by atoms with Crippen molar-refractivity contribution in [3.8, 4) is 11.5 Å². The van der Waals surface area contributed by atoms with E-state index in [1.165, 1.54) is 5.56 Å². The second-order valence-electron chi connectivity index (χ2n) is 5.80. The molecule has 0 aliphatic carbocycles. The van der Waals surface area contributed by atoms with Crippen LogP contribution in [-0.4, -0.2) is 52.3 Å². The highest BCUT2D eigenvalue weighted by molar-refractivity contribution is 14.0. The molecule has 0 spiro atoms. The van der Waals surface area contributed by atoms with Crippen LogP contribution in [-0.2, 0) is 5.41 Å². The van der Waals surface area contributed by atoms with Crippen LogP contribution in [0.2, 0.25) is 0 Å². The van der Waals surface area contributed by atoms with Gasteiger partial charge in [0.2, 0.25) is 0 Å². The number of thioether (sulfide) groups is 1. The molecule has 0 amide bonds. The molecule has 1 rings (SSSR count). The van der Waals surface area contributed by atoms with Crippen molar-refractivity contribution in [2.24, 2.45) is 4.99 Å². The fraction of sp³-hybridized carbons (Fsp3) is 0.588. The van der Waals surface area contributed by atoms with Crippen molar-refractivity contribution in [3.05, 3.63) is 23.8 Å². The Morgan fingerprint density at radius 1 is 1.17 bits per heavy atom. The minimum atomic E-state index is -0.0727. The van der Waals surface area contributed by atoms with Crippen LogP contribution in [0.5, 0.6) is 11.5 Å². The van der Waals surface area contributed by atoms with Crippen molar-refractivity contribution in [2.45, 2.75) is 19.3 Å². The lowest BCUT2D eigenvalue weighted by atomic mass is 9.84. The number of hydrogen-bond acceptors (Lipinski definition) is 4. The van der Waals surface area contributed by atoms with Gasteiger partial charge >= 0.3 is 0 Å². The van der Waals surface area contributed by atoms with E-state index in [4.69, 9.17) is 9.47 Å². The van der Waals surface area contributed by atoms with Gasteiger partial charge < -0.3 is 20.1 Å². The second-order valence-corrected chi connectivity index (χ2v) is 6.78. The molecule has 0 saturated heterocycles. The lowest BCUT2D eigenvalue weighted by molar-refractivity contribution is 0.353. The molecule has 138 valence electrons. The molecule has 0 unspecified atom stereocenters. The molecule has 1 aromatic carbocycles. The first-order valence-corrected chi connectivity index (χ1v) is 9.04. The number of guanidine groups is 1. The quantitative estimate of drug-likeness (QED) is 0.266. The standard InChI is InChI=1S/C17H29N3O2S.HI/c1-17(2,12-20-16(18-3)19-9-10-23-6)13-7-8-14(21-4)15(11-13)22-5;/h7-8,11H,9-10,12H2,1-6H3,(H2,18,19,20);1H. The Morgan fingerprint density at radius 3 is 2.38 bits per heavy atom. The Balaban J connectivity index is 0.00000529. The van der Waals surface area contributed by atoms with Gasteiger partial charge in [-0.05, 0) is 24.0 Å². The van der Waals surface area contributed by atoms with Crippen molar-refractivity contribution in [1.29, 1.82) is 0 Å². The number of ether oxygens (including phenoxy) is 2. The monoisotopic (exact) mass is 467 g/mol. The smallest absolute Gasteiger partial charge is 0.191 e. The third kappa shape index (κ3) is 6.96. The number of nitrogens with zero attached hydrogens (tertiary/aromatic N) is 1. The van der Waals surface area contributed by atoms with E-state index in [2.05, 4.69) is 41.8 Å². The van der Waals surface area contributed by atoms with Crippen LogP contribution in [0.15, 0.2) is 23.2 Å². The Hall–Kier alpha value is -0.830. The molecule has 5 nitrogen and oxygen atoms in total. The zero-order valence-corrected chi connectivity index (χ0v) is 18.6. The van der Waals surface area contributed by atoms with Gasteiger partial charge in [-0.3, -0.25) is 4.99 Å². The number of methoxy groups -OCH3 is 2. The summed E-state index contributed by atoms with van der Waals surface area (Å²) in [5.41, 5.74) is 1.11. The number of rotatable bonds is 8. The van der Waals surface area contributed by atoms with E-state index in [0.717, 1.165) is 36.3 Å². The van der Waals surface area contributed by atoms with Gasteiger partial charge in [0.15, 0.2) is 17.5 Å². The maximum Gasteiger partial charge on any atom is 0.191 e. The highest BCUT2D eigenvalue weighted by Crippen LogP contribution is 2.32. The lowest BCUT2D eigenvalue weighted by Gasteiger charge is -2.27. The van der Waals surface area contributed by atoms with Gasteiger partial charge in [0.1, 0.15) is 0 Å². The molecule has 0 aromatic heterocycles. The molecule has 0 heterocycles. The number of halogens is 1. The zero-order valence-electron chi connectivity index (χ0n) is 15.4. The summed E-state index contributed by atoms with van der Waals surface area (Å²) in [6.45, 7) is 6.05. The van der Waals surface area contributed by atoms with Crippen LogP contribution < -0.4 is 20.1 Å². The summed E-state index contributed by atoms with van der Waals surface area (Å²) in [7, 11) is 5.09. The van der Waals surface area contributed by atoms with Crippen molar-refractivity contribution in [2.75, 3.05) is 46.4 Å². The maximum atomic E-state index is 5.40. The molecule has 0 aliphatic heterocycles. The van der Waals surface area contributed by atoms with Crippen molar-refractivity contribution in [1.82, 2.24) is 10.6 Å². The van der Waals surface area contributed by atoms with E-state index < -0.39 is 0 Å². The molecular weight excluding hydrogens is 437 g/mol. The summed E-state index contributed by atoms with van der Waals surface area (Å²) in [6, 6.07) is 6.05. The average Bonchev–Trinajstić information content (AvgIpc) is 2.57. The maximum absolute atomic E-state index is 5.40. The van der Waals surface area contributed by atoms with Crippen LogP contribution in [0.1, 0.15) is 19.4 Å². The summed E-state index contributed by atoms with van der Waals surface area (Å²) in [5.74, 6) is 3.38. The lowest BCUT2D eigenvalue weighted by Crippen LogP contribution is -2.44. The first kappa shape index (κ1) is 23.2. The van der Waals surface area contributed by atoms with E-state index in [-0.39, 0.29) is 29.4 Å². The van der Waals surface area contributed by atoms with Gasteiger partial charge in [-0.2, -0.15) is 11.8 Å². The van der Waals surface area contributed by atoms with Gasteiger partial charge in [-0.15, -0.1) is 24.0 Å². The van der Waals surface area contributed by atoms with Crippen LogP contribution in [0.25, 0.3) is 0 Å². The molecule has 0 bridgehead atoms. The summed E-state index contributed by atoms with van der Waals surface area (Å²) >= 11 is 1.81. The molecule has 7 heteroatoms. The Bertz CT molecular complexity index is 525. The largest absolute Gasteiger partial charge is 0.493 e. The third-order valence-corrected chi connectivity index (χ3v) is 4.30. The van der Waals surface area contributed by atoms with Gasteiger partial charge in [0.25, 0.3) is 0 Å². The average molecular weight is 467 g/mol. The molecule has 0 aliphatic rings. The third-order valence-electron chi connectivity index (χ3n) is 3.69. The molecule has 0 saturated carbocycles. The fourth-order valence-electron chi connectivity index (χ4n) is 2.16. The van der Waals surface area contributed by atoms with Gasteiger partial charge in [0.05, 0.1) is 14.2 Å². The topological polar surface area (TPSA) is 54.9 Å². The highest BCUT2D eigenvalue weighted by atomic mass is 127. The van der Waals surface area contributed by atoms with Crippen molar-refractivity contribution in [3.63, 3.8) is 0 Å². The molecule has 0 fully saturated rings. The summed E-state index contributed by atoms with van der Waals surface area (Å²) in [5, 5.41) is 6.70. The van der Waals surface area contributed by atoms with E-state index in [1.807, 2.05) is 23.9 Å². The Kier molecular flexibility index (Phi) is 11.3. The Morgan fingerprint density at radius 2 is 1.83 bits per heavy atom. The first-order chi connectivity index (χ1) is 11.0. The summed E-state index contributed by atoms with van der Waals surface area (Å²) in [6.07, 6.45) is 2.10. The second kappa shape index (κ2) is 11.7. The summed E-state index contributed by atoms with van der Waals surface area (Å²) < 4.78 is 10.7. The first-order valence-electron chi connectivity index (χ1n) is 7.64. The Labute approximate surface area is 167 Å².